The third-order valence-corrected chi connectivity index (χ3v) is 5.07. The van der Waals surface area contributed by atoms with E-state index in [9.17, 15) is 9.65 Å². The summed E-state index contributed by atoms with van der Waals surface area (Å²) < 4.78 is 20.6. The minimum Gasteiger partial charge on any atom is -0.434 e. The van der Waals surface area contributed by atoms with E-state index in [1.807, 2.05) is 11.8 Å². The van der Waals surface area contributed by atoms with Gasteiger partial charge in [-0.15, -0.1) is 0 Å². The number of anilines is 1. The topological polar surface area (TPSA) is 81.1 Å². The van der Waals surface area contributed by atoms with Crippen LogP contribution in [0.25, 0.3) is 10.9 Å². The summed E-state index contributed by atoms with van der Waals surface area (Å²) in [6.45, 7) is 8.33. The number of aryl methyl sites for hydroxylation is 1. The predicted octanol–water partition coefficient (Wildman–Crippen LogP) is 3.21. The first kappa shape index (κ1) is 18.2. The molecule has 0 amide bonds. The van der Waals surface area contributed by atoms with Gasteiger partial charge in [-0.2, -0.15) is 5.26 Å². The molecule has 1 aromatic carbocycles. The Kier molecular flexibility index (Phi) is 4.84. The summed E-state index contributed by atoms with van der Waals surface area (Å²) in [5.41, 5.74) is 1.77. The molecule has 1 N–H and O–H groups in total. The van der Waals surface area contributed by atoms with Crippen molar-refractivity contribution in [2.24, 2.45) is 0 Å². The molecule has 0 unspecified atom stereocenters. The summed E-state index contributed by atoms with van der Waals surface area (Å²) in [6, 6.07) is 7.14. The first-order valence-corrected chi connectivity index (χ1v) is 9.28. The number of piperazine rings is 1. The fourth-order valence-corrected chi connectivity index (χ4v) is 3.52. The van der Waals surface area contributed by atoms with Gasteiger partial charge in [0, 0.05) is 42.8 Å². The third-order valence-electron chi connectivity index (χ3n) is 5.07. The first-order chi connectivity index (χ1) is 13.6. The van der Waals surface area contributed by atoms with E-state index in [2.05, 4.69) is 32.8 Å². The van der Waals surface area contributed by atoms with Crippen molar-refractivity contribution in [3.05, 3.63) is 41.6 Å². The number of benzene rings is 1. The number of rotatable bonds is 4. The van der Waals surface area contributed by atoms with Crippen LogP contribution in [-0.2, 0) is 0 Å². The molecule has 28 heavy (non-hydrogen) atoms. The number of fused-ring (bicyclic) bond motifs is 1. The van der Waals surface area contributed by atoms with Crippen molar-refractivity contribution < 1.29 is 9.13 Å². The van der Waals surface area contributed by atoms with E-state index in [1.165, 1.54) is 12.4 Å². The number of likely N-dealkylation sites (N-methyl/N-ethyl adjacent to an activating group) is 1. The number of nitrogens with zero attached hydrogens (tertiary/aromatic N) is 5. The Hall–Kier alpha value is -3.18. The second-order valence-electron chi connectivity index (χ2n) is 6.80. The Labute approximate surface area is 162 Å². The van der Waals surface area contributed by atoms with E-state index in [0.717, 1.165) is 38.4 Å². The average Bonchev–Trinajstić information content (AvgIpc) is 3.11. The van der Waals surface area contributed by atoms with Gasteiger partial charge in [0.2, 0.25) is 5.88 Å². The van der Waals surface area contributed by atoms with Gasteiger partial charge in [-0.1, -0.05) is 6.92 Å². The van der Waals surface area contributed by atoms with E-state index < -0.39 is 5.82 Å². The highest BCUT2D eigenvalue weighted by Gasteiger charge is 2.23. The van der Waals surface area contributed by atoms with Crippen LogP contribution in [0.15, 0.2) is 24.5 Å². The summed E-state index contributed by atoms with van der Waals surface area (Å²) in [5, 5.41) is 10.1. The molecule has 3 aromatic rings. The molecular weight excluding hydrogens is 359 g/mol. The van der Waals surface area contributed by atoms with Crippen molar-refractivity contribution in [3.63, 3.8) is 0 Å². The molecule has 0 aliphatic carbocycles. The van der Waals surface area contributed by atoms with E-state index in [4.69, 9.17) is 4.74 Å². The molecule has 1 aliphatic heterocycles. The lowest BCUT2D eigenvalue weighted by Gasteiger charge is -2.35. The minimum atomic E-state index is -0.484. The number of H-pyrrole nitrogens is 1. The molecule has 0 radical (unpaired) electrons. The molecule has 1 fully saturated rings. The summed E-state index contributed by atoms with van der Waals surface area (Å²) >= 11 is 0. The van der Waals surface area contributed by atoms with Crippen LogP contribution in [0.4, 0.5) is 10.2 Å². The van der Waals surface area contributed by atoms with Crippen LogP contribution in [0.5, 0.6) is 11.6 Å². The van der Waals surface area contributed by atoms with Crippen molar-refractivity contribution in [1.82, 2.24) is 19.9 Å². The van der Waals surface area contributed by atoms with Crippen LogP contribution >= 0.6 is 0 Å². The molecule has 3 heterocycles. The smallest absolute Gasteiger partial charge is 0.242 e. The normalized spacial score (nSPS) is 15.0. The van der Waals surface area contributed by atoms with Crippen LogP contribution in [-0.4, -0.2) is 52.6 Å². The average molecular weight is 380 g/mol. The molecular formula is C20H21FN6O. The van der Waals surface area contributed by atoms with Gasteiger partial charge in [-0.05, 0) is 31.7 Å². The molecule has 1 saturated heterocycles. The maximum Gasteiger partial charge on any atom is 0.242 e. The zero-order chi connectivity index (χ0) is 19.7. The second-order valence-corrected chi connectivity index (χ2v) is 6.80. The number of aromatic amines is 1. The SMILES string of the molecule is CCN1CCN(c2ncnc(Oc3ccc4[nH]c(C)cc4c3F)c2C#N)CC1. The Morgan fingerprint density at radius 3 is 2.75 bits per heavy atom. The van der Waals surface area contributed by atoms with Gasteiger partial charge in [-0.25, -0.2) is 14.4 Å². The summed E-state index contributed by atoms with van der Waals surface area (Å²) in [6.07, 6.45) is 1.36. The van der Waals surface area contributed by atoms with Crippen molar-refractivity contribution in [2.75, 3.05) is 37.6 Å². The number of ether oxygens (including phenoxy) is 1. The molecule has 0 spiro atoms. The Bertz CT molecular complexity index is 1050. The highest BCUT2D eigenvalue weighted by atomic mass is 19.1. The largest absolute Gasteiger partial charge is 0.434 e. The first-order valence-electron chi connectivity index (χ1n) is 9.28. The van der Waals surface area contributed by atoms with Crippen LogP contribution in [0, 0.1) is 24.1 Å². The number of aromatic nitrogens is 3. The maximum atomic E-state index is 14.9. The number of hydrogen-bond donors (Lipinski definition) is 1. The lowest BCUT2D eigenvalue weighted by atomic mass is 10.2. The number of nitrogens with one attached hydrogen (secondary N) is 1. The number of hydrogen-bond acceptors (Lipinski definition) is 6. The fourth-order valence-electron chi connectivity index (χ4n) is 3.52. The van der Waals surface area contributed by atoms with Crippen LogP contribution in [0.3, 0.4) is 0 Å². The van der Waals surface area contributed by atoms with Gasteiger partial charge in [0.15, 0.2) is 22.9 Å². The molecule has 7 nitrogen and oxygen atoms in total. The maximum absolute atomic E-state index is 14.9. The van der Waals surface area contributed by atoms with Gasteiger partial charge in [0.1, 0.15) is 12.4 Å². The fraction of sp³-hybridized carbons (Fsp3) is 0.350. The predicted molar refractivity (Wildman–Crippen MR) is 104 cm³/mol. The van der Waals surface area contributed by atoms with Crippen LogP contribution in [0.2, 0.25) is 0 Å². The Morgan fingerprint density at radius 1 is 1.25 bits per heavy atom. The van der Waals surface area contributed by atoms with Gasteiger partial charge in [-0.3, -0.25) is 0 Å². The van der Waals surface area contributed by atoms with E-state index >= 15 is 0 Å². The van der Waals surface area contributed by atoms with E-state index in [1.54, 1.807) is 12.1 Å². The van der Waals surface area contributed by atoms with Gasteiger partial charge < -0.3 is 19.5 Å². The molecule has 2 aromatic heterocycles. The highest BCUT2D eigenvalue weighted by molar-refractivity contribution is 5.82. The van der Waals surface area contributed by atoms with Crippen LogP contribution < -0.4 is 9.64 Å². The quantitative estimate of drug-likeness (QED) is 0.749. The van der Waals surface area contributed by atoms with Crippen molar-refractivity contribution >= 4 is 16.7 Å². The molecule has 1 aliphatic rings. The zero-order valence-corrected chi connectivity index (χ0v) is 15.9. The standard InChI is InChI=1S/C20H21FN6O/c1-3-26-6-8-27(9-7-26)19-15(11-22)20(24-12-23-19)28-17-5-4-16-14(18(17)21)10-13(2)25-16/h4-5,10,12,25H,3,6-9H2,1-2H3. The summed E-state index contributed by atoms with van der Waals surface area (Å²) in [5.74, 6) is 0.143. The number of halogens is 1. The highest BCUT2D eigenvalue weighted by Crippen LogP contribution is 2.33. The van der Waals surface area contributed by atoms with Crippen molar-refractivity contribution in [1.29, 1.82) is 5.26 Å². The second kappa shape index (κ2) is 7.44. The van der Waals surface area contributed by atoms with Crippen molar-refractivity contribution in [2.45, 2.75) is 13.8 Å². The zero-order valence-electron chi connectivity index (χ0n) is 15.9. The molecule has 8 heteroatoms. The number of nitriles is 1. The Balaban J connectivity index is 1.66. The lowest BCUT2D eigenvalue weighted by Crippen LogP contribution is -2.46. The molecule has 0 bridgehead atoms. The summed E-state index contributed by atoms with van der Waals surface area (Å²) in [7, 11) is 0. The molecule has 0 atom stereocenters. The van der Waals surface area contributed by atoms with Gasteiger partial charge in [0.25, 0.3) is 0 Å². The van der Waals surface area contributed by atoms with Crippen molar-refractivity contribution in [3.8, 4) is 17.7 Å². The molecule has 4 rings (SSSR count). The minimum absolute atomic E-state index is 0.0310. The third kappa shape index (κ3) is 3.25. The van der Waals surface area contributed by atoms with E-state index in [-0.39, 0.29) is 17.2 Å². The van der Waals surface area contributed by atoms with Gasteiger partial charge in [0.05, 0.1) is 0 Å². The lowest BCUT2D eigenvalue weighted by molar-refractivity contribution is 0.270. The molecule has 0 saturated carbocycles. The van der Waals surface area contributed by atoms with Crippen LogP contribution in [0.1, 0.15) is 18.2 Å². The summed E-state index contributed by atoms with van der Waals surface area (Å²) in [4.78, 5) is 15.9. The van der Waals surface area contributed by atoms with Gasteiger partial charge >= 0.3 is 0 Å². The Morgan fingerprint density at radius 2 is 2.04 bits per heavy atom. The monoisotopic (exact) mass is 380 g/mol. The van der Waals surface area contributed by atoms with E-state index in [0.29, 0.717) is 16.7 Å². The molecule has 144 valence electrons.